The fourth-order valence-electron chi connectivity index (χ4n) is 3.67. The number of aliphatic hydroxyl groups is 1. The van der Waals surface area contributed by atoms with E-state index >= 15 is 0 Å². The van der Waals surface area contributed by atoms with Crippen LogP contribution in [0, 0.1) is 5.92 Å². The van der Waals surface area contributed by atoms with Gasteiger partial charge in [0.1, 0.15) is 0 Å². The van der Waals surface area contributed by atoms with Gasteiger partial charge in [0.2, 0.25) is 10.0 Å². The number of hydrogen-bond acceptors (Lipinski definition) is 3. The molecule has 1 saturated carbocycles. The van der Waals surface area contributed by atoms with Crippen molar-refractivity contribution in [3.05, 3.63) is 18.0 Å². The van der Waals surface area contributed by atoms with E-state index in [2.05, 4.69) is 4.98 Å². The molecule has 1 saturated heterocycles. The second-order valence-electron chi connectivity index (χ2n) is 5.89. The van der Waals surface area contributed by atoms with Crippen molar-refractivity contribution in [3.63, 3.8) is 0 Å². The third-order valence-electron chi connectivity index (χ3n) is 4.69. The summed E-state index contributed by atoms with van der Waals surface area (Å²) in [6.45, 7) is 0.463. The van der Waals surface area contributed by atoms with Crippen molar-refractivity contribution in [2.45, 2.75) is 56.1 Å². The van der Waals surface area contributed by atoms with Crippen LogP contribution >= 0.6 is 0 Å². The van der Waals surface area contributed by atoms with Gasteiger partial charge in [-0.25, -0.2) is 8.42 Å². The summed E-state index contributed by atoms with van der Waals surface area (Å²) in [7, 11) is -3.43. The van der Waals surface area contributed by atoms with E-state index in [1.165, 1.54) is 12.6 Å². The second-order valence-corrected chi connectivity index (χ2v) is 7.78. The third-order valence-corrected chi connectivity index (χ3v) is 6.59. The normalized spacial score (nSPS) is 28.2. The van der Waals surface area contributed by atoms with E-state index in [9.17, 15) is 8.42 Å². The Morgan fingerprint density at radius 2 is 2.00 bits per heavy atom. The lowest BCUT2D eigenvalue weighted by molar-refractivity contribution is 0.129. The molecule has 20 heavy (non-hydrogen) atoms. The fourth-order valence-corrected chi connectivity index (χ4v) is 5.45. The van der Waals surface area contributed by atoms with Crippen molar-refractivity contribution in [1.29, 1.82) is 0 Å². The molecule has 0 amide bonds. The van der Waals surface area contributed by atoms with Crippen LogP contribution in [0.15, 0.2) is 17.2 Å². The first-order valence-corrected chi connectivity index (χ1v) is 8.87. The van der Waals surface area contributed by atoms with Crippen LogP contribution < -0.4 is 0 Å². The molecule has 1 aromatic heterocycles. The number of rotatable bonds is 3. The van der Waals surface area contributed by atoms with E-state index in [4.69, 9.17) is 5.11 Å². The highest BCUT2D eigenvalue weighted by molar-refractivity contribution is 7.89. The van der Waals surface area contributed by atoms with Crippen LogP contribution in [0.4, 0.5) is 0 Å². The molecule has 3 rings (SSSR count). The Labute approximate surface area is 120 Å². The zero-order valence-electron chi connectivity index (χ0n) is 11.6. The molecule has 0 unspecified atom stereocenters. The third kappa shape index (κ3) is 2.40. The first-order valence-electron chi connectivity index (χ1n) is 7.43. The zero-order valence-corrected chi connectivity index (χ0v) is 12.4. The number of piperidine rings is 1. The molecule has 2 atom stereocenters. The summed E-state index contributed by atoms with van der Waals surface area (Å²) in [5.74, 6) is 0.531. The summed E-state index contributed by atoms with van der Waals surface area (Å²) in [6.07, 6.45) is 8.11. The number of aliphatic hydroxyl groups excluding tert-OH is 1. The Kier molecular flexibility index (Phi) is 3.88. The molecule has 0 bridgehead atoms. The summed E-state index contributed by atoms with van der Waals surface area (Å²) >= 11 is 0. The first-order chi connectivity index (χ1) is 9.63. The smallest absolute Gasteiger partial charge is 0.244 e. The van der Waals surface area contributed by atoms with E-state index in [1.54, 1.807) is 10.4 Å². The van der Waals surface area contributed by atoms with E-state index < -0.39 is 10.0 Å². The maximum absolute atomic E-state index is 12.8. The van der Waals surface area contributed by atoms with E-state index in [0.717, 1.165) is 32.1 Å². The maximum atomic E-state index is 12.8. The molecule has 2 heterocycles. The van der Waals surface area contributed by atoms with Gasteiger partial charge in [-0.1, -0.05) is 12.8 Å². The van der Waals surface area contributed by atoms with Crippen molar-refractivity contribution < 1.29 is 13.5 Å². The quantitative estimate of drug-likeness (QED) is 0.894. The van der Waals surface area contributed by atoms with Crippen molar-refractivity contribution in [2.24, 2.45) is 5.92 Å². The number of hydrogen-bond donors (Lipinski definition) is 2. The van der Waals surface area contributed by atoms with Crippen molar-refractivity contribution in [3.8, 4) is 0 Å². The van der Waals surface area contributed by atoms with Crippen LogP contribution in [0.3, 0.4) is 0 Å². The molecular weight excluding hydrogens is 276 g/mol. The van der Waals surface area contributed by atoms with Crippen LogP contribution in [-0.2, 0) is 16.6 Å². The van der Waals surface area contributed by atoms with Crippen LogP contribution in [0.1, 0.15) is 44.2 Å². The Morgan fingerprint density at radius 3 is 2.75 bits per heavy atom. The Balaban J connectivity index is 1.89. The largest absolute Gasteiger partial charge is 0.390 e. The zero-order chi connectivity index (χ0) is 14.2. The minimum absolute atomic E-state index is 0.165. The number of aromatic nitrogens is 1. The highest BCUT2D eigenvalue weighted by Gasteiger charge is 2.40. The number of fused-ring (bicyclic) bond motifs is 1. The number of H-pyrrole nitrogens is 1. The van der Waals surface area contributed by atoms with Crippen LogP contribution in [-0.4, -0.2) is 35.4 Å². The van der Waals surface area contributed by atoms with Crippen molar-refractivity contribution in [2.75, 3.05) is 6.54 Å². The number of nitrogens with one attached hydrogen (secondary N) is 1. The Morgan fingerprint density at radius 1 is 1.25 bits per heavy atom. The monoisotopic (exact) mass is 298 g/mol. The van der Waals surface area contributed by atoms with Gasteiger partial charge >= 0.3 is 0 Å². The summed E-state index contributed by atoms with van der Waals surface area (Å²) in [6, 6.07) is 1.72. The lowest BCUT2D eigenvalue weighted by Gasteiger charge is -2.42. The van der Waals surface area contributed by atoms with Crippen LogP contribution in [0.25, 0.3) is 0 Å². The summed E-state index contributed by atoms with van der Waals surface area (Å²) in [4.78, 5) is 3.10. The summed E-state index contributed by atoms with van der Waals surface area (Å²) < 4.78 is 27.3. The van der Waals surface area contributed by atoms with Crippen LogP contribution in [0.5, 0.6) is 0 Å². The van der Waals surface area contributed by atoms with E-state index in [-0.39, 0.29) is 17.5 Å². The molecule has 0 aromatic carbocycles. The number of sulfonamides is 1. The van der Waals surface area contributed by atoms with Gasteiger partial charge in [0.25, 0.3) is 0 Å². The summed E-state index contributed by atoms with van der Waals surface area (Å²) in [5, 5.41) is 9.07. The molecule has 5 nitrogen and oxygen atoms in total. The van der Waals surface area contributed by atoms with Gasteiger partial charge in [0.15, 0.2) is 0 Å². The Bertz CT molecular complexity index is 565. The van der Waals surface area contributed by atoms with Gasteiger partial charge < -0.3 is 10.1 Å². The molecular formula is C14H22N2O3S. The maximum Gasteiger partial charge on any atom is 0.244 e. The van der Waals surface area contributed by atoms with Gasteiger partial charge in [-0.15, -0.1) is 0 Å². The summed E-state index contributed by atoms with van der Waals surface area (Å²) in [5.41, 5.74) is 0.542. The van der Waals surface area contributed by atoms with E-state index in [0.29, 0.717) is 18.2 Å². The highest BCUT2D eigenvalue weighted by Crippen LogP contribution is 2.38. The molecule has 2 N–H and O–H groups in total. The second kappa shape index (κ2) is 5.50. The van der Waals surface area contributed by atoms with Gasteiger partial charge in [-0.2, -0.15) is 4.31 Å². The first kappa shape index (κ1) is 14.1. The average molecular weight is 298 g/mol. The predicted molar refractivity (Wildman–Crippen MR) is 75.6 cm³/mol. The fraction of sp³-hybridized carbons (Fsp3) is 0.714. The molecule has 1 aromatic rings. The molecule has 0 spiro atoms. The van der Waals surface area contributed by atoms with Gasteiger partial charge in [0.05, 0.1) is 11.5 Å². The minimum atomic E-state index is -3.43. The highest BCUT2D eigenvalue weighted by atomic mass is 32.2. The van der Waals surface area contributed by atoms with Crippen molar-refractivity contribution >= 4 is 10.0 Å². The molecule has 6 heteroatoms. The molecule has 2 aliphatic rings. The van der Waals surface area contributed by atoms with Gasteiger partial charge in [0, 0.05) is 24.5 Å². The van der Waals surface area contributed by atoms with E-state index in [1.807, 2.05) is 0 Å². The Hall–Kier alpha value is -0.850. The SMILES string of the molecule is O=S(=O)(c1c[nH]c(CO)c1)N1CCC[C@H]2CCCC[C@H]21. The lowest BCUT2D eigenvalue weighted by Crippen LogP contribution is -2.49. The molecule has 2 fully saturated rings. The molecule has 1 aliphatic carbocycles. The van der Waals surface area contributed by atoms with Crippen LogP contribution in [0.2, 0.25) is 0 Å². The topological polar surface area (TPSA) is 73.4 Å². The number of nitrogens with zero attached hydrogens (tertiary/aromatic N) is 1. The molecule has 1 aliphatic heterocycles. The number of aromatic amines is 1. The molecule has 0 radical (unpaired) electrons. The minimum Gasteiger partial charge on any atom is -0.390 e. The average Bonchev–Trinajstić information content (AvgIpc) is 2.96. The standard InChI is InChI=1S/C14H22N2O3S/c17-10-12-8-13(9-15-12)20(18,19)16-7-3-5-11-4-1-2-6-14(11)16/h8-9,11,14-15,17H,1-7,10H2/t11-,14-/m1/s1. The molecule has 112 valence electrons. The van der Waals surface area contributed by atoms with Crippen molar-refractivity contribution in [1.82, 2.24) is 9.29 Å². The van der Waals surface area contributed by atoms with Gasteiger partial charge in [-0.3, -0.25) is 0 Å². The van der Waals surface area contributed by atoms with Gasteiger partial charge in [-0.05, 0) is 37.7 Å². The lowest BCUT2D eigenvalue weighted by atomic mass is 9.79. The predicted octanol–water partition coefficient (Wildman–Crippen LogP) is 1.85.